The molecule has 0 N–H and O–H groups in total. The van der Waals surface area contributed by atoms with Gasteiger partial charge in [0.25, 0.3) is 0 Å². The van der Waals surface area contributed by atoms with Crippen LogP contribution < -0.4 is 4.74 Å². The first-order chi connectivity index (χ1) is 8.63. The Balaban J connectivity index is 3.27. The number of benzene rings is 1. The van der Waals surface area contributed by atoms with Gasteiger partial charge in [-0.1, -0.05) is 6.92 Å². The summed E-state index contributed by atoms with van der Waals surface area (Å²) >= 11 is 0. The van der Waals surface area contributed by atoms with E-state index >= 15 is 0 Å². The molecule has 0 aromatic heterocycles. The zero-order chi connectivity index (χ0) is 15.0. The van der Waals surface area contributed by atoms with E-state index in [1.807, 2.05) is 0 Å². The molecule has 1 rings (SSSR count). The maximum absolute atomic E-state index is 13.3. The van der Waals surface area contributed by atoms with Gasteiger partial charge in [0.1, 0.15) is 0 Å². The minimum absolute atomic E-state index is 0.265. The number of ether oxygens (including phenoxy) is 1. The second-order valence-corrected chi connectivity index (χ2v) is 4.53. The van der Waals surface area contributed by atoms with Crippen LogP contribution in [0.2, 0.25) is 0 Å². The molecule has 1 aromatic rings. The molecule has 106 valence electrons. The van der Waals surface area contributed by atoms with Crippen molar-refractivity contribution >= 4 is 5.97 Å². The molecule has 0 radical (unpaired) electrons. The fourth-order valence-electron chi connectivity index (χ4n) is 1.05. The summed E-state index contributed by atoms with van der Waals surface area (Å²) in [6.45, 7) is 4.45. The lowest BCUT2D eigenvalue weighted by Crippen LogP contribution is -2.29. The molecule has 0 bridgehead atoms. The van der Waals surface area contributed by atoms with E-state index in [-0.39, 0.29) is 6.42 Å². The third-order valence-electron chi connectivity index (χ3n) is 2.80. The summed E-state index contributed by atoms with van der Waals surface area (Å²) in [5.41, 5.74) is -1.11. The highest BCUT2D eigenvalue weighted by Gasteiger charge is 2.33. The lowest BCUT2D eigenvalue weighted by molar-refractivity contribution is -0.144. The van der Waals surface area contributed by atoms with Crippen molar-refractivity contribution in [2.24, 2.45) is 5.41 Å². The Bertz CT molecular complexity index is 496. The van der Waals surface area contributed by atoms with Crippen LogP contribution in [0.5, 0.6) is 5.75 Å². The highest BCUT2D eigenvalue weighted by atomic mass is 19.2. The summed E-state index contributed by atoms with van der Waals surface area (Å²) in [4.78, 5) is 11.6. The lowest BCUT2D eigenvalue weighted by atomic mass is 9.91. The molecule has 0 saturated carbocycles. The van der Waals surface area contributed by atoms with Gasteiger partial charge in [-0.2, -0.15) is 8.78 Å². The minimum Gasteiger partial charge on any atom is -0.420 e. The molecule has 0 aliphatic heterocycles. The molecule has 7 heteroatoms. The van der Waals surface area contributed by atoms with Gasteiger partial charge in [-0.25, -0.2) is 13.2 Å². The van der Waals surface area contributed by atoms with Gasteiger partial charge in [-0.15, -0.1) is 0 Å². The fourth-order valence-corrected chi connectivity index (χ4v) is 1.05. The molecule has 2 nitrogen and oxygen atoms in total. The van der Waals surface area contributed by atoms with Crippen LogP contribution in [0.1, 0.15) is 27.2 Å². The molecule has 0 fully saturated rings. The summed E-state index contributed by atoms with van der Waals surface area (Å²) in [6.07, 6.45) is 0.265. The van der Waals surface area contributed by atoms with Crippen molar-refractivity contribution in [2.45, 2.75) is 27.2 Å². The van der Waals surface area contributed by atoms with E-state index in [0.29, 0.717) is 0 Å². The second kappa shape index (κ2) is 5.14. The van der Waals surface area contributed by atoms with Crippen LogP contribution in [0.3, 0.4) is 0 Å². The van der Waals surface area contributed by atoms with E-state index in [2.05, 4.69) is 4.74 Å². The first-order valence-electron chi connectivity index (χ1n) is 5.37. The van der Waals surface area contributed by atoms with Crippen LogP contribution in [-0.4, -0.2) is 5.97 Å². The van der Waals surface area contributed by atoms with Gasteiger partial charge in [0.2, 0.25) is 34.8 Å². The third-order valence-corrected chi connectivity index (χ3v) is 2.80. The number of hydrogen-bond donors (Lipinski definition) is 0. The number of carbonyl (C=O) groups is 1. The average Bonchev–Trinajstić information content (AvgIpc) is 2.38. The molecule has 0 spiro atoms. The zero-order valence-corrected chi connectivity index (χ0v) is 10.4. The predicted molar refractivity (Wildman–Crippen MR) is 55.9 cm³/mol. The van der Waals surface area contributed by atoms with Crippen LogP contribution in [0.15, 0.2) is 0 Å². The van der Waals surface area contributed by atoms with Crippen molar-refractivity contribution in [2.75, 3.05) is 0 Å². The average molecular weight is 282 g/mol. The Hall–Kier alpha value is -1.66. The van der Waals surface area contributed by atoms with Crippen LogP contribution in [-0.2, 0) is 4.79 Å². The maximum atomic E-state index is 13.3. The van der Waals surface area contributed by atoms with E-state index in [0.717, 1.165) is 0 Å². The zero-order valence-electron chi connectivity index (χ0n) is 10.4. The van der Waals surface area contributed by atoms with Crippen molar-refractivity contribution in [3.63, 3.8) is 0 Å². The molecular weight excluding hydrogens is 271 g/mol. The number of rotatable bonds is 3. The molecule has 0 saturated heterocycles. The summed E-state index contributed by atoms with van der Waals surface area (Å²) in [5.74, 6) is -13.6. The number of hydrogen-bond acceptors (Lipinski definition) is 2. The molecule has 0 amide bonds. The normalized spacial score (nSPS) is 11.6. The summed E-state index contributed by atoms with van der Waals surface area (Å²) in [7, 11) is 0. The van der Waals surface area contributed by atoms with Crippen molar-refractivity contribution in [1.29, 1.82) is 0 Å². The van der Waals surface area contributed by atoms with Gasteiger partial charge in [-0.05, 0) is 20.3 Å². The number of esters is 1. The monoisotopic (exact) mass is 282 g/mol. The quantitative estimate of drug-likeness (QED) is 0.278. The molecular formula is C12H11F5O2. The summed E-state index contributed by atoms with van der Waals surface area (Å²) in [5, 5.41) is 0. The van der Waals surface area contributed by atoms with Crippen LogP contribution >= 0.6 is 0 Å². The highest BCUT2D eigenvalue weighted by Crippen LogP contribution is 2.31. The molecule has 0 aliphatic rings. The van der Waals surface area contributed by atoms with Gasteiger partial charge in [0.15, 0.2) is 0 Å². The Morgan fingerprint density at radius 1 is 0.947 bits per heavy atom. The van der Waals surface area contributed by atoms with Crippen LogP contribution in [0.4, 0.5) is 22.0 Å². The van der Waals surface area contributed by atoms with Crippen molar-refractivity contribution in [1.82, 2.24) is 0 Å². The smallest absolute Gasteiger partial charge is 0.317 e. The summed E-state index contributed by atoms with van der Waals surface area (Å²) in [6, 6.07) is 0. The molecule has 1 aromatic carbocycles. The van der Waals surface area contributed by atoms with Crippen molar-refractivity contribution < 1.29 is 31.5 Å². The van der Waals surface area contributed by atoms with Crippen molar-refractivity contribution in [3.8, 4) is 5.75 Å². The van der Waals surface area contributed by atoms with Crippen LogP contribution in [0.25, 0.3) is 0 Å². The second-order valence-electron chi connectivity index (χ2n) is 4.53. The lowest BCUT2D eigenvalue weighted by Gasteiger charge is -2.20. The van der Waals surface area contributed by atoms with Gasteiger partial charge in [0.05, 0.1) is 5.41 Å². The molecule has 19 heavy (non-hydrogen) atoms. The van der Waals surface area contributed by atoms with Gasteiger partial charge >= 0.3 is 5.97 Å². The third kappa shape index (κ3) is 2.69. The molecule has 0 unspecified atom stereocenters. The highest BCUT2D eigenvalue weighted by molar-refractivity contribution is 5.78. The number of carbonyl (C=O) groups excluding carboxylic acids is 1. The predicted octanol–water partition coefficient (Wildman–Crippen LogP) is 3.72. The summed E-state index contributed by atoms with van der Waals surface area (Å²) < 4.78 is 69.4. The van der Waals surface area contributed by atoms with Crippen LogP contribution in [0, 0.1) is 34.5 Å². The largest absolute Gasteiger partial charge is 0.420 e. The topological polar surface area (TPSA) is 26.3 Å². The van der Waals surface area contributed by atoms with Gasteiger partial charge in [-0.3, -0.25) is 4.79 Å². The van der Waals surface area contributed by atoms with E-state index in [1.54, 1.807) is 6.92 Å². The first kappa shape index (κ1) is 15.4. The van der Waals surface area contributed by atoms with E-state index in [1.165, 1.54) is 13.8 Å². The molecule has 0 atom stereocenters. The van der Waals surface area contributed by atoms with Crippen molar-refractivity contribution in [3.05, 3.63) is 29.1 Å². The molecule has 0 aliphatic carbocycles. The van der Waals surface area contributed by atoms with E-state index < -0.39 is 46.2 Å². The SMILES string of the molecule is CCC(C)(C)C(=O)Oc1c(F)c(F)c(F)c(F)c1F. The Labute approximate surface area is 106 Å². The standard InChI is InChI=1S/C12H11F5O2/c1-4-12(2,3)11(18)19-10-8(16)6(14)5(13)7(15)9(10)17/h4H2,1-3H3. The first-order valence-corrected chi connectivity index (χ1v) is 5.37. The maximum Gasteiger partial charge on any atom is 0.317 e. The van der Waals surface area contributed by atoms with E-state index in [4.69, 9.17) is 0 Å². The van der Waals surface area contributed by atoms with Gasteiger partial charge < -0.3 is 4.74 Å². The Morgan fingerprint density at radius 2 is 1.32 bits per heavy atom. The Morgan fingerprint density at radius 3 is 1.68 bits per heavy atom. The Kier molecular flexibility index (Phi) is 4.17. The number of halogens is 5. The van der Waals surface area contributed by atoms with E-state index in [9.17, 15) is 26.7 Å². The fraction of sp³-hybridized carbons (Fsp3) is 0.417. The molecule has 0 heterocycles. The minimum atomic E-state index is -2.30. The van der Waals surface area contributed by atoms with Gasteiger partial charge in [0, 0.05) is 0 Å².